The number of aliphatic hydroxyl groups is 1. The first-order valence-corrected chi connectivity index (χ1v) is 23.5. The van der Waals surface area contributed by atoms with E-state index in [9.17, 15) is 38.7 Å². The number of nitrogens with zero attached hydrogens (tertiary/aromatic N) is 2. The van der Waals surface area contributed by atoms with E-state index in [1.165, 1.54) is 14.2 Å². The lowest BCUT2D eigenvalue weighted by Gasteiger charge is -2.26. The van der Waals surface area contributed by atoms with E-state index in [4.69, 9.17) is 24.7 Å². The highest BCUT2D eigenvalue weighted by Gasteiger charge is 2.42. The summed E-state index contributed by atoms with van der Waals surface area (Å²) in [6, 6.07) is 26.1. The molecule has 21 nitrogen and oxygen atoms in total. The maximum absolute atomic E-state index is 14.1. The first kappa shape index (κ1) is 49.1. The topological polar surface area (TPSA) is 281 Å². The number of methoxy groups -OCH3 is 2. The van der Waals surface area contributed by atoms with Crippen molar-refractivity contribution in [3.8, 4) is 23.0 Å². The highest BCUT2D eigenvalue weighted by molar-refractivity contribution is 6.13. The van der Waals surface area contributed by atoms with Gasteiger partial charge in [0.25, 0.3) is 17.7 Å². The minimum atomic E-state index is -1.11. The number of anilines is 4. The van der Waals surface area contributed by atoms with Crippen LogP contribution < -0.4 is 66.4 Å². The first-order valence-electron chi connectivity index (χ1n) is 23.5. The quantitative estimate of drug-likeness (QED) is 0.0625. The van der Waals surface area contributed by atoms with Crippen molar-refractivity contribution in [1.29, 1.82) is 0 Å². The molecule has 21 heteroatoms. The average Bonchev–Trinajstić information content (AvgIpc) is 3.91. The van der Waals surface area contributed by atoms with E-state index in [1.807, 2.05) is 53.4 Å². The Morgan fingerprint density at radius 1 is 0.658 bits per heavy atom. The Hall–Kier alpha value is -8.85. The molecule has 9 rings (SSSR count). The summed E-state index contributed by atoms with van der Waals surface area (Å²) in [4.78, 5) is 93.2. The Balaban J connectivity index is 0.921. The Morgan fingerprint density at radius 2 is 1.19 bits per heavy atom. The lowest BCUT2D eigenvalue weighted by Crippen LogP contribution is -2.45. The number of hydrogen-bond donors (Lipinski definition) is 8. The van der Waals surface area contributed by atoms with E-state index in [0.29, 0.717) is 59.0 Å². The molecule has 0 saturated carbocycles. The normalized spacial score (nSPS) is 16.8. The molecular formula is C52H53N9O12. The van der Waals surface area contributed by atoms with E-state index in [-0.39, 0.29) is 66.7 Å². The number of rotatable bonds is 18. The van der Waals surface area contributed by atoms with Crippen molar-refractivity contribution in [2.75, 3.05) is 67.4 Å². The molecular weight excluding hydrogens is 943 g/mol. The van der Waals surface area contributed by atoms with Crippen LogP contribution in [0.25, 0.3) is 0 Å². The molecule has 0 aliphatic carbocycles. The Morgan fingerprint density at radius 3 is 1.81 bits per heavy atom. The third kappa shape index (κ3) is 10.6. The molecule has 5 aromatic rings. The molecule has 5 aromatic carbocycles. The van der Waals surface area contributed by atoms with Crippen LogP contribution in [0.5, 0.6) is 23.0 Å². The summed E-state index contributed by atoms with van der Waals surface area (Å²) in [5, 5.41) is 27.6. The predicted molar refractivity (Wildman–Crippen MR) is 266 cm³/mol. The summed E-state index contributed by atoms with van der Waals surface area (Å²) < 4.78 is 24.1. The minimum absolute atomic E-state index is 0.0108. The summed E-state index contributed by atoms with van der Waals surface area (Å²) in [7, 11) is 2.91. The summed E-state index contributed by atoms with van der Waals surface area (Å²) in [6.07, 6.45) is -0.0125. The monoisotopic (exact) mass is 995 g/mol. The van der Waals surface area contributed by atoms with Crippen molar-refractivity contribution in [2.24, 2.45) is 5.73 Å². The summed E-state index contributed by atoms with van der Waals surface area (Å²) in [5.41, 5.74) is 11.4. The van der Waals surface area contributed by atoms with E-state index < -0.39 is 61.4 Å². The molecule has 0 fully saturated rings. The highest BCUT2D eigenvalue weighted by atomic mass is 16.5. The number of nitrogens with two attached hydrogens (primary N) is 1. The second kappa shape index (κ2) is 21.2. The first-order chi connectivity index (χ1) is 35.3. The van der Waals surface area contributed by atoms with Gasteiger partial charge in [0.15, 0.2) is 23.0 Å². The molecule has 0 aromatic heterocycles. The van der Waals surface area contributed by atoms with Gasteiger partial charge in [0.05, 0.1) is 68.4 Å². The van der Waals surface area contributed by atoms with Crippen LogP contribution >= 0.6 is 0 Å². The number of para-hydroxylation sites is 2. The summed E-state index contributed by atoms with van der Waals surface area (Å²) in [6.45, 7) is -1.10. The van der Waals surface area contributed by atoms with Crippen LogP contribution in [0.3, 0.4) is 0 Å². The predicted octanol–water partition coefficient (Wildman–Crippen LogP) is 2.13. The molecule has 378 valence electrons. The van der Waals surface area contributed by atoms with Crippen LogP contribution in [0.4, 0.5) is 22.7 Å². The van der Waals surface area contributed by atoms with Crippen LogP contribution in [0.1, 0.15) is 59.7 Å². The van der Waals surface area contributed by atoms with Gasteiger partial charge in [-0.05, 0) is 77.6 Å². The number of nitrogens with one attached hydrogen (secondary N) is 6. The van der Waals surface area contributed by atoms with Crippen LogP contribution in [-0.2, 0) is 45.2 Å². The second-order valence-electron chi connectivity index (χ2n) is 17.7. The third-order valence-electron chi connectivity index (χ3n) is 12.9. The number of carbonyl (C=O) groups excluding carboxylic acids is 7. The molecule has 4 heterocycles. The average molecular weight is 996 g/mol. The van der Waals surface area contributed by atoms with Crippen molar-refractivity contribution >= 4 is 64.1 Å². The molecule has 9 N–H and O–H groups in total. The number of benzene rings is 5. The van der Waals surface area contributed by atoms with Gasteiger partial charge in [-0.15, -0.1) is 0 Å². The van der Waals surface area contributed by atoms with Crippen LogP contribution in [-0.4, -0.2) is 112 Å². The summed E-state index contributed by atoms with van der Waals surface area (Å²) >= 11 is 0. The molecule has 7 amide bonds. The van der Waals surface area contributed by atoms with E-state index in [2.05, 4.69) is 31.9 Å². The van der Waals surface area contributed by atoms with Crippen LogP contribution in [0.2, 0.25) is 0 Å². The largest absolute Gasteiger partial charge is 0.493 e. The molecule has 4 aliphatic heterocycles. The van der Waals surface area contributed by atoms with Gasteiger partial charge >= 0.3 is 0 Å². The van der Waals surface area contributed by atoms with Gasteiger partial charge in [0, 0.05) is 48.6 Å². The SMILES string of the molecule is COc1cc2c(cc1OCc1cc(COc3cc4c(cc3OC)C(=O)N3c5ccccc5C[C@H]3C(O)N4)cc(C(=O)NCC(=O)NCC(=O)NCC(=O)NCCC(N)=O)c1)NC[C@@H]1Cc3ccccc3N1C2=O. The van der Waals surface area contributed by atoms with E-state index in [0.717, 1.165) is 22.5 Å². The minimum Gasteiger partial charge on any atom is -0.493 e. The number of primary amides is 1. The maximum Gasteiger partial charge on any atom is 0.260 e. The van der Waals surface area contributed by atoms with Crippen molar-refractivity contribution in [2.45, 2.75) is 50.8 Å². The second-order valence-corrected chi connectivity index (χ2v) is 17.7. The molecule has 0 bridgehead atoms. The highest BCUT2D eigenvalue weighted by Crippen LogP contribution is 2.43. The number of aliphatic hydroxyl groups excluding tert-OH is 1. The summed E-state index contributed by atoms with van der Waals surface area (Å²) in [5.74, 6) is -2.56. The fraction of sp³-hybridized carbons (Fsp3) is 0.288. The van der Waals surface area contributed by atoms with E-state index in [1.54, 1.807) is 47.4 Å². The van der Waals surface area contributed by atoms with Gasteiger partial charge in [-0.25, -0.2) is 0 Å². The lowest BCUT2D eigenvalue weighted by molar-refractivity contribution is -0.127. The third-order valence-corrected chi connectivity index (χ3v) is 12.9. The molecule has 3 atom stereocenters. The Labute approximate surface area is 418 Å². The zero-order chi connectivity index (χ0) is 51.3. The van der Waals surface area contributed by atoms with Gasteiger partial charge in [0.2, 0.25) is 23.6 Å². The zero-order valence-corrected chi connectivity index (χ0v) is 39.9. The number of ether oxygens (including phenoxy) is 4. The molecule has 4 aliphatic rings. The van der Waals surface area contributed by atoms with Crippen LogP contribution in [0.15, 0.2) is 91.0 Å². The van der Waals surface area contributed by atoms with Gasteiger partial charge in [0.1, 0.15) is 19.4 Å². The molecule has 0 saturated heterocycles. The van der Waals surface area contributed by atoms with Crippen molar-refractivity contribution in [1.82, 2.24) is 21.3 Å². The van der Waals surface area contributed by atoms with Crippen molar-refractivity contribution in [3.63, 3.8) is 0 Å². The fourth-order valence-corrected chi connectivity index (χ4v) is 9.37. The van der Waals surface area contributed by atoms with Gasteiger partial charge in [-0.2, -0.15) is 0 Å². The molecule has 0 radical (unpaired) electrons. The number of hydrogen-bond acceptors (Lipinski definition) is 14. The Bertz CT molecular complexity index is 3040. The van der Waals surface area contributed by atoms with Gasteiger partial charge in [-0.3, -0.25) is 33.6 Å². The standard InChI is InChI=1S/C52H53N9O12/c1-70-41-18-34-36(55-22-33-16-30-7-3-5-9-38(30)60(33)51(34)68)20-43(41)72-26-28-13-29(15-32(14-28)49(66)58-25-48(65)57-24-47(64)56-23-46(63)54-12-11-45(53)62)27-73-44-21-37-35(19-42(44)71-2)52(69)61-39-10-6-4-8-31(39)17-40(61)50(67)59-37/h3-10,13-15,18-21,33,40,50,55,59,67H,11-12,16-17,22-27H2,1-2H3,(H2,53,62)(H,54,63)(H,56,64)(H,57,65)(H,58,66)/t33-,40-,50?/m0/s1. The fourth-order valence-electron chi connectivity index (χ4n) is 9.37. The lowest BCUT2D eigenvalue weighted by atomic mass is 10.1. The maximum atomic E-state index is 14.1. The Kier molecular flexibility index (Phi) is 14.3. The van der Waals surface area contributed by atoms with Crippen molar-refractivity contribution in [3.05, 3.63) is 130 Å². The molecule has 0 spiro atoms. The van der Waals surface area contributed by atoms with Crippen LogP contribution in [0, 0.1) is 0 Å². The smallest absolute Gasteiger partial charge is 0.260 e. The zero-order valence-electron chi connectivity index (χ0n) is 39.9. The number of amides is 7. The molecule has 1 unspecified atom stereocenters. The number of fused-ring (bicyclic) bond motifs is 8. The van der Waals surface area contributed by atoms with Gasteiger partial charge in [-0.1, -0.05) is 36.4 Å². The number of carbonyl (C=O) groups is 7. The van der Waals surface area contributed by atoms with Crippen molar-refractivity contribution < 1.29 is 57.6 Å². The van der Waals surface area contributed by atoms with Gasteiger partial charge < -0.3 is 71.5 Å². The van der Waals surface area contributed by atoms with E-state index >= 15 is 0 Å². The molecule has 73 heavy (non-hydrogen) atoms.